The zero-order valence-electron chi connectivity index (χ0n) is 19.3. The number of fused-ring (bicyclic) bond motifs is 1. The first-order valence-electron chi connectivity index (χ1n) is 11.3. The summed E-state index contributed by atoms with van der Waals surface area (Å²) >= 11 is 0. The van der Waals surface area contributed by atoms with E-state index in [1.165, 1.54) is 11.1 Å². The summed E-state index contributed by atoms with van der Waals surface area (Å²) in [6.07, 6.45) is 5.10. The smallest absolute Gasteiger partial charge is 0.328 e. The normalized spacial score (nSPS) is 16.2. The van der Waals surface area contributed by atoms with Crippen LogP contribution < -0.4 is 5.32 Å². The van der Waals surface area contributed by atoms with Crippen molar-refractivity contribution >= 4 is 12.0 Å². The van der Waals surface area contributed by atoms with Crippen molar-refractivity contribution in [3.8, 4) is 0 Å². The summed E-state index contributed by atoms with van der Waals surface area (Å²) in [5.41, 5.74) is 4.55. The lowest BCUT2D eigenvalue weighted by Gasteiger charge is -2.31. The Bertz CT molecular complexity index is 912. The highest BCUT2D eigenvalue weighted by atomic mass is 16.5. The number of hydrogen-bond acceptors (Lipinski definition) is 4. The number of β-amino-alcohol motifs (C(OH)–C–C–N with tert-alkyl or cyclic N) is 1. The van der Waals surface area contributed by atoms with E-state index in [4.69, 9.17) is 9.84 Å². The Morgan fingerprint density at radius 1 is 1.16 bits per heavy atom. The van der Waals surface area contributed by atoms with Crippen LogP contribution in [0.5, 0.6) is 0 Å². The highest BCUT2D eigenvalue weighted by Gasteiger charge is 2.28. The standard InChI is InChI=1S/C27H35NO4/c1-19(25-11-7-6-8-21(25)12-13-26(30)31)32-18-24(29)17-28-27(2,3)16-20-14-22-9-4-5-10-23(22)15-20/h4-13,19-20,24,28-29H,14-18H2,1-3H3,(H,30,31)/b13-12+/t19-,24+/m1/s1. The maximum absolute atomic E-state index is 10.8. The predicted octanol–water partition coefficient (Wildman–Crippen LogP) is 4.40. The number of carboxylic acid groups (broad SMARTS) is 1. The number of nitrogens with one attached hydrogen (secondary N) is 1. The Labute approximate surface area is 191 Å². The van der Waals surface area contributed by atoms with Crippen molar-refractivity contribution in [1.82, 2.24) is 5.32 Å². The Hall–Kier alpha value is -2.47. The number of rotatable bonds is 11. The molecule has 5 nitrogen and oxygen atoms in total. The molecule has 0 spiro atoms. The number of carboxylic acids is 1. The molecule has 0 unspecified atom stereocenters. The lowest BCUT2D eigenvalue weighted by molar-refractivity contribution is -0.131. The number of hydrogen-bond donors (Lipinski definition) is 3. The summed E-state index contributed by atoms with van der Waals surface area (Å²) in [7, 11) is 0. The minimum absolute atomic E-state index is 0.0759. The number of benzene rings is 2. The van der Waals surface area contributed by atoms with Gasteiger partial charge in [0.25, 0.3) is 0 Å². The lowest BCUT2D eigenvalue weighted by Crippen LogP contribution is -2.45. The summed E-state index contributed by atoms with van der Waals surface area (Å²) in [4.78, 5) is 10.8. The van der Waals surface area contributed by atoms with Crippen LogP contribution in [0.3, 0.4) is 0 Å². The van der Waals surface area contributed by atoms with E-state index in [9.17, 15) is 9.90 Å². The molecule has 0 aliphatic heterocycles. The minimum Gasteiger partial charge on any atom is -0.478 e. The van der Waals surface area contributed by atoms with Gasteiger partial charge >= 0.3 is 5.97 Å². The van der Waals surface area contributed by atoms with E-state index in [1.807, 2.05) is 31.2 Å². The van der Waals surface area contributed by atoms with Crippen LogP contribution >= 0.6 is 0 Å². The second-order valence-corrected chi connectivity index (χ2v) is 9.44. The van der Waals surface area contributed by atoms with Crippen LogP contribution in [0.4, 0.5) is 0 Å². The van der Waals surface area contributed by atoms with Gasteiger partial charge in [-0.1, -0.05) is 48.5 Å². The molecule has 0 fully saturated rings. The van der Waals surface area contributed by atoms with Gasteiger partial charge < -0.3 is 20.3 Å². The summed E-state index contributed by atoms with van der Waals surface area (Å²) in [6.45, 7) is 6.96. The Morgan fingerprint density at radius 3 is 2.44 bits per heavy atom. The predicted molar refractivity (Wildman–Crippen MR) is 128 cm³/mol. The fourth-order valence-corrected chi connectivity index (χ4v) is 4.58. The second kappa shape index (κ2) is 10.9. The molecule has 0 saturated carbocycles. The zero-order chi connectivity index (χ0) is 23.1. The average Bonchev–Trinajstić information content (AvgIpc) is 3.16. The van der Waals surface area contributed by atoms with E-state index in [-0.39, 0.29) is 18.2 Å². The van der Waals surface area contributed by atoms with E-state index in [1.54, 1.807) is 6.08 Å². The second-order valence-electron chi connectivity index (χ2n) is 9.44. The van der Waals surface area contributed by atoms with Crippen molar-refractivity contribution in [3.05, 3.63) is 76.9 Å². The monoisotopic (exact) mass is 437 g/mol. The molecule has 0 heterocycles. The van der Waals surface area contributed by atoms with Gasteiger partial charge in [-0.25, -0.2) is 4.79 Å². The first-order valence-corrected chi connectivity index (χ1v) is 11.3. The number of ether oxygens (including phenoxy) is 1. The van der Waals surface area contributed by atoms with Gasteiger partial charge in [-0.05, 0) is 74.3 Å². The van der Waals surface area contributed by atoms with Crippen molar-refractivity contribution in [2.45, 2.75) is 57.8 Å². The molecule has 5 heteroatoms. The molecule has 172 valence electrons. The largest absolute Gasteiger partial charge is 0.478 e. The molecule has 3 rings (SSSR count). The van der Waals surface area contributed by atoms with E-state index in [0.29, 0.717) is 12.5 Å². The van der Waals surface area contributed by atoms with Crippen LogP contribution in [-0.2, 0) is 22.4 Å². The van der Waals surface area contributed by atoms with Gasteiger partial charge in [-0.15, -0.1) is 0 Å². The maximum atomic E-state index is 10.8. The molecule has 0 saturated heterocycles. The summed E-state index contributed by atoms with van der Waals surface area (Å²) in [5, 5.41) is 22.9. The molecule has 3 N–H and O–H groups in total. The highest BCUT2D eigenvalue weighted by molar-refractivity contribution is 5.85. The van der Waals surface area contributed by atoms with Gasteiger partial charge in [0.1, 0.15) is 0 Å². The zero-order valence-corrected chi connectivity index (χ0v) is 19.3. The van der Waals surface area contributed by atoms with Crippen molar-refractivity contribution in [1.29, 1.82) is 0 Å². The third kappa shape index (κ3) is 7.02. The maximum Gasteiger partial charge on any atom is 0.328 e. The number of aliphatic hydroxyl groups is 1. The first kappa shape index (κ1) is 24.2. The number of aliphatic carboxylic acids is 1. The molecule has 0 amide bonds. The van der Waals surface area contributed by atoms with Crippen LogP contribution in [0.15, 0.2) is 54.6 Å². The van der Waals surface area contributed by atoms with Crippen LogP contribution in [0.2, 0.25) is 0 Å². The minimum atomic E-state index is -0.987. The Balaban J connectivity index is 1.45. The molecule has 0 bridgehead atoms. The van der Waals surface area contributed by atoms with Crippen LogP contribution in [-0.4, -0.2) is 41.0 Å². The quantitative estimate of drug-likeness (QED) is 0.454. The van der Waals surface area contributed by atoms with Crippen LogP contribution in [0, 0.1) is 5.92 Å². The fraction of sp³-hybridized carbons (Fsp3) is 0.444. The van der Waals surface area contributed by atoms with Gasteiger partial charge in [-0.2, -0.15) is 0 Å². The summed E-state index contributed by atoms with van der Waals surface area (Å²) < 4.78 is 5.91. The van der Waals surface area contributed by atoms with Crippen LogP contribution in [0.1, 0.15) is 55.5 Å². The van der Waals surface area contributed by atoms with Crippen molar-refractivity contribution in [2.75, 3.05) is 13.2 Å². The third-order valence-corrected chi connectivity index (χ3v) is 6.13. The fourth-order valence-electron chi connectivity index (χ4n) is 4.58. The Morgan fingerprint density at radius 2 is 1.78 bits per heavy atom. The van der Waals surface area contributed by atoms with Gasteiger partial charge in [0, 0.05) is 18.2 Å². The topological polar surface area (TPSA) is 78.8 Å². The van der Waals surface area contributed by atoms with Gasteiger partial charge in [0.15, 0.2) is 0 Å². The van der Waals surface area contributed by atoms with E-state index in [2.05, 4.69) is 43.4 Å². The molecule has 0 aromatic heterocycles. The van der Waals surface area contributed by atoms with Gasteiger partial charge in [0.2, 0.25) is 0 Å². The number of carbonyl (C=O) groups is 1. The molecule has 1 aliphatic carbocycles. The third-order valence-electron chi connectivity index (χ3n) is 6.13. The van der Waals surface area contributed by atoms with Gasteiger partial charge in [0.05, 0.1) is 18.8 Å². The highest BCUT2D eigenvalue weighted by Crippen LogP contribution is 2.32. The van der Waals surface area contributed by atoms with E-state index >= 15 is 0 Å². The van der Waals surface area contributed by atoms with Crippen molar-refractivity contribution < 1.29 is 19.7 Å². The molecule has 2 aromatic carbocycles. The van der Waals surface area contributed by atoms with E-state index in [0.717, 1.165) is 36.5 Å². The Kier molecular flexibility index (Phi) is 8.24. The molecule has 1 aliphatic rings. The van der Waals surface area contributed by atoms with E-state index < -0.39 is 12.1 Å². The number of aliphatic hydroxyl groups excluding tert-OH is 1. The molecule has 2 atom stereocenters. The van der Waals surface area contributed by atoms with Crippen molar-refractivity contribution in [2.24, 2.45) is 5.92 Å². The molecule has 0 radical (unpaired) electrons. The SMILES string of the molecule is C[C@@H](OC[C@@H](O)CNC(C)(C)CC1Cc2ccccc2C1)c1ccccc1/C=C/C(=O)O. The van der Waals surface area contributed by atoms with Crippen LogP contribution in [0.25, 0.3) is 6.08 Å². The average molecular weight is 438 g/mol. The van der Waals surface area contributed by atoms with Crippen molar-refractivity contribution in [3.63, 3.8) is 0 Å². The molecule has 2 aromatic rings. The molecular weight excluding hydrogens is 402 g/mol. The molecular formula is C27H35NO4. The first-order chi connectivity index (χ1) is 15.2. The molecule has 32 heavy (non-hydrogen) atoms. The lowest BCUT2D eigenvalue weighted by atomic mass is 9.88. The van der Waals surface area contributed by atoms with Gasteiger partial charge in [-0.3, -0.25) is 0 Å². The summed E-state index contributed by atoms with van der Waals surface area (Å²) in [6, 6.07) is 16.2. The summed E-state index contributed by atoms with van der Waals surface area (Å²) in [5.74, 6) is -0.363.